The molecule has 0 radical (unpaired) electrons. The predicted octanol–water partition coefficient (Wildman–Crippen LogP) is 0.412. The van der Waals surface area contributed by atoms with E-state index in [2.05, 4.69) is 10.3 Å². The largest absolute Gasteiger partial charge is 0.370 e. The van der Waals surface area contributed by atoms with E-state index in [1.807, 2.05) is 0 Å². The van der Waals surface area contributed by atoms with Gasteiger partial charge in [-0.05, 0) is 30.0 Å². The highest BCUT2D eigenvalue weighted by atomic mass is 19.1. The molecule has 1 amide bonds. The highest BCUT2D eigenvalue weighted by Gasteiger charge is 2.49. The molecule has 1 aromatic carbocycles. The summed E-state index contributed by atoms with van der Waals surface area (Å²) in [5.41, 5.74) is 5.74. The van der Waals surface area contributed by atoms with Gasteiger partial charge in [-0.1, -0.05) is 12.1 Å². The van der Waals surface area contributed by atoms with Gasteiger partial charge in [-0.2, -0.15) is 0 Å². The van der Waals surface area contributed by atoms with Crippen molar-refractivity contribution in [2.45, 2.75) is 18.4 Å². The first-order valence-electron chi connectivity index (χ1n) is 5.08. The molecule has 0 bridgehead atoms. The van der Waals surface area contributed by atoms with Crippen molar-refractivity contribution < 1.29 is 9.18 Å². The normalized spacial score (nSPS) is 26.8. The summed E-state index contributed by atoms with van der Waals surface area (Å²) in [5, 5.41) is 2.48. The highest BCUT2D eigenvalue weighted by molar-refractivity contribution is 6.07. The zero-order valence-electron chi connectivity index (χ0n) is 8.46. The Morgan fingerprint density at radius 3 is 3.00 bits per heavy atom. The lowest BCUT2D eigenvalue weighted by atomic mass is 9.92. The fourth-order valence-corrected chi connectivity index (χ4v) is 2.50. The van der Waals surface area contributed by atoms with E-state index in [1.54, 1.807) is 12.1 Å². The van der Waals surface area contributed by atoms with Crippen LogP contribution in [0.1, 0.15) is 17.5 Å². The van der Waals surface area contributed by atoms with Crippen LogP contribution in [-0.4, -0.2) is 11.9 Å². The molecule has 2 aliphatic rings. The molecule has 5 heteroatoms. The van der Waals surface area contributed by atoms with Gasteiger partial charge in [0.15, 0.2) is 11.5 Å². The number of nitrogens with zero attached hydrogens (tertiary/aromatic N) is 1. The van der Waals surface area contributed by atoms with Gasteiger partial charge in [0.05, 0.1) is 0 Å². The van der Waals surface area contributed by atoms with Crippen molar-refractivity contribution >= 4 is 11.9 Å². The van der Waals surface area contributed by atoms with Gasteiger partial charge in [0.2, 0.25) is 0 Å². The van der Waals surface area contributed by atoms with Crippen molar-refractivity contribution in [3.63, 3.8) is 0 Å². The van der Waals surface area contributed by atoms with Gasteiger partial charge in [-0.25, -0.2) is 9.38 Å². The molecule has 1 heterocycles. The highest BCUT2D eigenvalue weighted by Crippen LogP contribution is 2.42. The predicted molar refractivity (Wildman–Crippen MR) is 56.2 cm³/mol. The Kier molecular flexibility index (Phi) is 1.64. The van der Waals surface area contributed by atoms with Crippen LogP contribution in [0.4, 0.5) is 4.39 Å². The fourth-order valence-electron chi connectivity index (χ4n) is 2.50. The van der Waals surface area contributed by atoms with Gasteiger partial charge >= 0.3 is 0 Å². The van der Waals surface area contributed by atoms with E-state index in [0.717, 1.165) is 0 Å². The van der Waals surface area contributed by atoms with E-state index in [1.165, 1.54) is 6.07 Å². The van der Waals surface area contributed by atoms with Gasteiger partial charge in [-0.15, -0.1) is 0 Å². The summed E-state index contributed by atoms with van der Waals surface area (Å²) < 4.78 is 13.5. The molecule has 1 atom stereocenters. The Balaban J connectivity index is 2.23. The Bertz CT molecular complexity index is 526. The van der Waals surface area contributed by atoms with Gasteiger partial charge in [0.25, 0.3) is 5.91 Å². The molecule has 3 rings (SSSR count). The number of rotatable bonds is 0. The Morgan fingerprint density at radius 1 is 1.50 bits per heavy atom. The minimum Gasteiger partial charge on any atom is -0.370 e. The summed E-state index contributed by atoms with van der Waals surface area (Å²) in [6.07, 6.45) is 1.00. The Hall–Kier alpha value is -1.91. The maximum atomic E-state index is 13.5. The number of fused-ring (bicyclic) bond motifs is 2. The minimum absolute atomic E-state index is 0.113. The van der Waals surface area contributed by atoms with Gasteiger partial charge in [0, 0.05) is 0 Å². The summed E-state index contributed by atoms with van der Waals surface area (Å²) in [6.45, 7) is 0. The van der Waals surface area contributed by atoms with Crippen molar-refractivity contribution in [3.8, 4) is 0 Å². The first-order chi connectivity index (χ1) is 7.63. The number of hydrogen-bond donors (Lipinski definition) is 2. The molecule has 0 fully saturated rings. The summed E-state index contributed by atoms with van der Waals surface area (Å²) in [4.78, 5) is 16.0. The van der Waals surface area contributed by atoms with E-state index >= 15 is 0 Å². The molecule has 0 aromatic heterocycles. The third-order valence-corrected chi connectivity index (χ3v) is 3.23. The molecular formula is C11H10FN3O. The molecule has 1 aliphatic carbocycles. The van der Waals surface area contributed by atoms with E-state index in [9.17, 15) is 9.18 Å². The molecule has 0 saturated carbocycles. The number of nitrogens with one attached hydrogen (secondary N) is 1. The second-order valence-electron chi connectivity index (χ2n) is 4.08. The van der Waals surface area contributed by atoms with Crippen LogP contribution in [0.25, 0.3) is 0 Å². The topological polar surface area (TPSA) is 67.5 Å². The van der Waals surface area contributed by atoms with Crippen LogP contribution in [0.2, 0.25) is 0 Å². The third kappa shape index (κ3) is 0.973. The summed E-state index contributed by atoms with van der Waals surface area (Å²) >= 11 is 0. The van der Waals surface area contributed by atoms with Crippen LogP contribution in [0.15, 0.2) is 23.2 Å². The van der Waals surface area contributed by atoms with Crippen LogP contribution >= 0.6 is 0 Å². The summed E-state index contributed by atoms with van der Waals surface area (Å²) in [7, 11) is 0. The molecular weight excluding hydrogens is 209 g/mol. The van der Waals surface area contributed by atoms with E-state index in [4.69, 9.17) is 5.73 Å². The smallest absolute Gasteiger partial charge is 0.259 e. The van der Waals surface area contributed by atoms with Crippen molar-refractivity contribution in [3.05, 3.63) is 35.1 Å². The molecule has 3 N–H and O–H groups in total. The molecule has 1 aliphatic heterocycles. The number of hydrogen-bond acceptors (Lipinski definition) is 3. The van der Waals surface area contributed by atoms with Crippen molar-refractivity contribution in [2.75, 3.05) is 0 Å². The minimum atomic E-state index is -0.985. The second kappa shape index (κ2) is 2.81. The van der Waals surface area contributed by atoms with Gasteiger partial charge in [-0.3, -0.25) is 10.1 Å². The number of amides is 1. The summed E-state index contributed by atoms with van der Waals surface area (Å²) in [5.74, 6) is -0.417. The number of aliphatic imine (C=N–C) groups is 1. The molecule has 1 aromatic rings. The van der Waals surface area contributed by atoms with Crippen LogP contribution in [0, 0.1) is 5.82 Å². The molecule has 4 nitrogen and oxygen atoms in total. The number of halogens is 1. The molecule has 0 saturated heterocycles. The van der Waals surface area contributed by atoms with Crippen molar-refractivity contribution in [1.82, 2.24) is 5.32 Å². The van der Waals surface area contributed by atoms with E-state index in [-0.39, 0.29) is 17.7 Å². The maximum absolute atomic E-state index is 13.5. The van der Waals surface area contributed by atoms with Crippen molar-refractivity contribution in [2.24, 2.45) is 10.7 Å². The second-order valence-corrected chi connectivity index (χ2v) is 4.08. The number of carbonyl (C=O) groups excluding carboxylic acids is 1. The van der Waals surface area contributed by atoms with Crippen LogP contribution in [0.3, 0.4) is 0 Å². The van der Waals surface area contributed by atoms with Crippen molar-refractivity contribution in [1.29, 1.82) is 0 Å². The van der Waals surface area contributed by atoms with Crippen LogP contribution in [-0.2, 0) is 16.8 Å². The molecule has 1 unspecified atom stereocenters. The Labute approximate surface area is 91.4 Å². The van der Waals surface area contributed by atoms with E-state index < -0.39 is 5.54 Å². The zero-order chi connectivity index (χ0) is 11.3. The maximum Gasteiger partial charge on any atom is 0.259 e. The average Bonchev–Trinajstić information content (AvgIpc) is 2.72. The van der Waals surface area contributed by atoms with Gasteiger partial charge in [0.1, 0.15) is 5.82 Å². The molecule has 16 heavy (non-hydrogen) atoms. The Morgan fingerprint density at radius 2 is 2.31 bits per heavy atom. The summed E-state index contributed by atoms with van der Waals surface area (Å²) in [6, 6.07) is 4.74. The van der Waals surface area contributed by atoms with Crippen LogP contribution < -0.4 is 11.1 Å². The number of benzene rings is 1. The molecule has 1 spiro atoms. The SMILES string of the molecule is NC1=NC2(CCc3c(F)cccc32)C(=O)N1. The zero-order valence-corrected chi connectivity index (χ0v) is 8.46. The quantitative estimate of drug-likeness (QED) is 0.663. The lowest BCUT2D eigenvalue weighted by Gasteiger charge is -2.17. The number of guanidine groups is 1. The standard InChI is InChI=1S/C11H10FN3O/c12-8-3-1-2-7-6(8)4-5-11(7)9(16)14-10(13)15-11/h1-3H,4-5H2,(H3,13,14,15,16). The number of carbonyl (C=O) groups is 1. The monoisotopic (exact) mass is 219 g/mol. The average molecular weight is 219 g/mol. The van der Waals surface area contributed by atoms with Gasteiger partial charge < -0.3 is 5.73 Å². The third-order valence-electron chi connectivity index (χ3n) is 3.23. The first kappa shape index (κ1) is 9.33. The first-order valence-corrected chi connectivity index (χ1v) is 5.08. The molecule has 82 valence electrons. The lowest BCUT2D eigenvalue weighted by Crippen LogP contribution is -2.37. The van der Waals surface area contributed by atoms with Crippen LogP contribution in [0.5, 0.6) is 0 Å². The van der Waals surface area contributed by atoms with E-state index in [0.29, 0.717) is 24.0 Å². The lowest BCUT2D eigenvalue weighted by molar-refractivity contribution is -0.124. The fraction of sp³-hybridized carbons (Fsp3) is 0.273. The number of nitrogens with two attached hydrogens (primary N) is 1.